The average Bonchev–Trinajstić information content (AvgIpc) is 3.04. The van der Waals surface area contributed by atoms with Gasteiger partial charge >= 0.3 is 0 Å². The fourth-order valence-electron chi connectivity index (χ4n) is 2.17. The van der Waals surface area contributed by atoms with E-state index in [1.54, 1.807) is 0 Å². The lowest BCUT2D eigenvalue weighted by atomic mass is 10.1. The van der Waals surface area contributed by atoms with Crippen molar-refractivity contribution in [2.45, 2.75) is 34.2 Å². The zero-order valence-electron chi connectivity index (χ0n) is 15.5. The molecule has 3 aromatic rings. The molecule has 0 fully saturated rings. The summed E-state index contributed by atoms with van der Waals surface area (Å²) >= 11 is 0. The molecule has 0 aliphatic heterocycles. The van der Waals surface area contributed by atoms with E-state index in [1.165, 1.54) is 4.80 Å². The van der Waals surface area contributed by atoms with E-state index in [0.717, 1.165) is 16.6 Å². The normalized spacial score (nSPS) is 9.96. The summed E-state index contributed by atoms with van der Waals surface area (Å²) in [6.07, 6.45) is 0. The van der Waals surface area contributed by atoms with Crippen LogP contribution in [-0.4, -0.2) is 39.1 Å². The van der Waals surface area contributed by atoms with E-state index in [1.807, 2.05) is 89.2 Å². The fraction of sp³-hybridized carbons (Fsp3) is 0.368. The van der Waals surface area contributed by atoms with Gasteiger partial charge in [0.1, 0.15) is 22.5 Å². The highest BCUT2D eigenvalue weighted by Crippen LogP contribution is 2.26. The molecular formula is C19H28N4O. The molecule has 0 spiro atoms. The van der Waals surface area contributed by atoms with Crippen molar-refractivity contribution in [3.8, 4) is 11.4 Å². The van der Waals surface area contributed by atoms with Gasteiger partial charge in [0.2, 0.25) is 0 Å². The van der Waals surface area contributed by atoms with Crippen molar-refractivity contribution in [1.29, 1.82) is 0 Å². The van der Waals surface area contributed by atoms with Crippen LogP contribution >= 0.6 is 0 Å². The maximum atomic E-state index is 10.4. The summed E-state index contributed by atoms with van der Waals surface area (Å²) in [7, 11) is 3.93. The van der Waals surface area contributed by atoms with Crippen molar-refractivity contribution in [1.82, 2.24) is 19.9 Å². The second-order valence-corrected chi connectivity index (χ2v) is 5.00. The Labute approximate surface area is 144 Å². The van der Waals surface area contributed by atoms with Crippen LogP contribution in [0.25, 0.3) is 16.7 Å². The van der Waals surface area contributed by atoms with Gasteiger partial charge in [0.15, 0.2) is 0 Å². The van der Waals surface area contributed by atoms with E-state index in [-0.39, 0.29) is 5.75 Å². The van der Waals surface area contributed by atoms with Gasteiger partial charge in [-0.25, -0.2) is 0 Å². The first-order valence-electron chi connectivity index (χ1n) is 8.43. The summed E-state index contributed by atoms with van der Waals surface area (Å²) < 4.78 is 0. The number of benzene rings is 2. The molecular weight excluding hydrogens is 300 g/mol. The Morgan fingerprint density at radius 2 is 1.42 bits per heavy atom. The number of phenolic OH excluding ortho intramolecular Hbond substituents is 1. The van der Waals surface area contributed by atoms with Crippen molar-refractivity contribution in [3.05, 3.63) is 48.0 Å². The Morgan fingerprint density at radius 1 is 0.875 bits per heavy atom. The summed E-state index contributed by atoms with van der Waals surface area (Å²) in [5, 5.41) is 19.2. The molecule has 1 heterocycles. The Hall–Kier alpha value is -2.40. The average molecular weight is 328 g/mol. The lowest BCUT2D eigenvalue weighted by molar-refractivity contribution is 0.384. The summed E-state index contributed by atoms with van der Waals surface area (Å²) in [4.78, 5) is 3.49. The number of fused-ring (bicyclic) bond motifs is 1. The van der Waals surface area contributed by atoms with Crippen LogP contribution < -0.4 is 0 Å². The largest absolute Gasteiger partial charge is 0.505 e. The zero-order valence-corrected chi connectivity index (χ0v) is 15.5. The number of para-hydroxylation sites is 1. The lowest BCUT2D eigenvalue weighted by Crippen LogP contribution is -2.11. The minimum absolute atomic E-state index is 0.224. The molecule has 0 unspecified atom stereocenters. The van der Waals surface area contributed by atoms with Gasteiger partial charge in [0.25, 0.3) is 0 Å². The first-order valence-corrected chi connectivity index (χ1v) is 8.43. The van der Waals surface area contributed by atoms with Crippen molar-refractivity contribution in [2.75, 3.05) is 14.1 Å². The van der Waals surface area contributed by atoms with Crippen LogP contribution in [0.15, 0.2) is 42.5 Å². The summed E-state index contributed by atoms with van der Waals surface area (Å²) in [5.74, 6) is 0.224. The third-order valence-corrected chi connectivity index (χ3v) is 3.09. The standard InChI is InChI=1S/C15H16N4O.2C2H6/c1-18(2)10-11-6-5-9-14(15(11)20)19-16-12-7-3-4-8-13(12)17-19;2*1-2/h3-9,20H,10H2,1-2H3;2*1-2H3. The SMILES string of the molecule is CC.CC.CN(C)Cc1cccc(-n2nc3ccccc3n2)c1O. The van der Waals surface area contributed by atoms with E-state index in [2.05, 4.69) is 10.2 Å². The molecule has 24 heavy (non-hydrogen) atoms. The smallest absolute Gasteiger partial charge is 0.147 e. The molecule has 5 heteroatoms. The van der Waals surface area contributed by atoms with Gasteiger partial charge in [-0.2, -0.15) is 0 Å². The molecule has 0 bridgehead atoms. The fourth-order valence-corrected chi connectivity index (χ4v) is 2.17. The molecule has 0 saturated carbocycles. The molecule has 0 saturated heterocycles. The predicted octanol–water partition coefficient (Wildman–Crippen LogP) is 4.24. The maximum absolute atomic E-state index is 10.4. The monoisotopic (exact) mass is 328 g/mol. The number of rotatable bonds is 3. The second kappa shape index (κ2) is 9.67. The minimum Gasteiger partial charge on any atom is -0.505 e. The summed E-state index contributed by atoms with van der Waals surface area (Å²) in [5.41, 5.74) is 3.07. The number of hydrogen-bond donors (Lipinski definition) is 1. The van der Waals surface area contributed by atoms with Gasteiger partial charge in [-0.3, -0.25) is 0 Å². The maximum Gasteiger partial charge on any atom is 0.147 e. The van der Waals surface area contributed by atoms with E-state index >= 15 is 0 Å². The van der Waals surface area contributed by atoms with Crippen molar-refractivity contribution in [2.24, 2.45) is 0 Å². The van der Waals surface area contributed by atoms with Crippen molar-refractivity contribution in [3.63, 3.8) is 0 Å². The molecule has 0 aliphatic rings. The van der Waals surface area contributed by atoms with Crippen LogP contribution in [0.3, 0.4) is 0 Å². The van der Waals surface area contributed by atoms with Crippen LogP contribution in [0.5, 0.6) is 5.75 Å². The van der Waals surface area contributed by atoms with Gasteiger partial charge in [-0.05, 0) is 32.3 Å². The molecule has 5 nitrogen and oxygen atoms in total. The molecule has 3 rings (SSSR count). The van der Waals surface area contributed by atoms with Gasteiger partial charge in [-0.1, -0.05) is 52.0 Å². The van der Waals surface area contributed by atoms with Crippen LogP contribution in [0.2, 0.25) is 0 Å². The molecule has 2 aromatic carbocycles. The van der Waals surface area contributed by atoms with Crippen molar-refractivity contribution >= 4 is 11.0 Å². The van der Waals surface area contributed by atoms with Gasteiger partial charge in [0.05, 0.1) is 0 Å². The number of phenols is 1. The predicted molar refractivity (Wildman–Crippen MR) is 101 cm³/mol. The van der Waals surface area contributed by atoms with Crippen LogP contribution in [0.4, 0.5) is 0 Å². The van der Waals surface area contributed by atoms with Crippen LogP contribution in [-0.2, 0) is 6.54 Å². The third-order valence-electron chi connectivity index (χ3n) is 3.09. The highest BCUT2D eigenvalue weighted by molar-refractivity contribution is 5.73. The Kier molecular flexibility index (Phi) is 7.92. The highest BCUT2D eigenvalue weighted by atomic mass is 16.3. The number of nitrogens with zero attached hydrogens (tertiary/aromatic N) is 4. The zero-order chi connectivity index (χ0) is 18.1. The van der Waals surface area contributed by atoms with E-state index in [9.17, 15) is 5.11 Å². The number of hydrogen-bond acceptors (Lipinski definition) is 4. The van der Waals surface area contributed by atoms with Gasteiger partial charge in [0, 0.05) is 12.1 Å². The molecule has 0 radical (unpaired) electrons. The first kappa shape index (κ1) is 19.6. The highest BCUT2D eigenvalue weighted by Gasteiger charge is 2.12. The molecule has 0 aliphatic carbocycles. The molecule has 130 valence electrons. The van der Waals surface area contributed by atoms with Gasteiger partial charge < -0.3 is 10.0 Å². The summed E-state index contributed by atoms with van der Waals surface area (Å²) in [6, 6.07) is 13.3. The second-order valence-electron chi connectivity index (χ2n) is 5.00. The minimum atomic E-state index is 0.224. The number of aromatic hydroxyl groups is 1. The third kappa shape index (κ3) is 4.55. The van der Waals surface area contributed by atoms with E-state index in [4.69, 9.17) is 0 Å². The first-order chi connectivity index (χ1) is 11.6. The number of aromatic nitrogens is 3. The Bertz CT molecular complexity index is 717. The Morgan fingerprint density at radius 3 is 1.92 bits per heavy atom. The topological polar surface area (TPSA) is 54.2 Å². The Balaban J connectivity index is 0.000000671. The van der Waals surface area contributed by atoms with Crippen molar-refractivity contribution < 1.29 is 5.11 Å². The van der Waals surface area contributed by atoms with Gasteiger partial charge in [-0.15, -0.1) is 15.0 Å². The van der Waals surface area contributed by atoms with E-state index < -0.39 is 0 Å². The quantitative estimate of drug-likeness (QED) is 0.781. The lowest BCUT2D eigenvalue weighted by Gasteiger charge is -2.13. The van der Waals surface area contributed by atoms with Crippen LogP contribution in [0.1, 0.15) is 33.3 Å². The summed E-state index contributed by atoms with van der Waals surface area (Å²) in [6.45, 7) is 8.67. The molecule has 0 amide bonds. The molecule has 0 atom stereocenters. The molecule has 1 N–H and O–H groups in total. The van der Waals surface area contributed by atoms with E-state index in [0.29, 0.717) is 12.2 Å². The van der Waals surface area contributed by atoms with Crippen LogP contribution in [0, 0.1) is 0 Å². The molecule has 1 aromatic heterocycles.